The standard InChI is InChI=1S/C17H14N2O2S2/c1-2-21-17(20)13-11-18-15(14-9-6-10-22-14)19-16(13)23-12-7-4-3-5-8-12/h3-11H,2H2,1H3. The van der Waals surface area contributed by atoms with Crippen molar-refractivity contribution in [1.82, 2.24) is 9.97 Å². The molecule has 0 saturated carbocycles. The van der Waals surface area contributed by atoms with E-state index >= 15 is 0 Å². The van der Waals surface area contributed by atoms with E-state index in [1.165, 1.54) is 11.8 Å². The molecule has 0 aliphatic rings. The molecule has 0 unspecified atom stereocenters. The minimum Gasteiger partial charge on any atom is -0.462 e. The van der Waals surface area contributed by atoms with Gasteiger partial charge in [0.1, 0.15) is 10.6 Å². The van der Waals surface area contributed by atoms with E-state index in [1.54, 1.807) is 24.5 Å². The van der Waals surface area contributed by atoms with Crippen LogP contribution in [-0.4, -0.2) is 22.5 Å². The van der Waals surface area contributed by atoms with Crippen molar-refractivity contribution in [3.05, 3.63) is 59.6 Å². The number of aromatic nitrogens is 2. The van der Waals surface area contributed by atoms with E-state index in [-0.39, 0.29) is 0 Å². The fraction of sp³-hybridized carbons (Fsp3) is 0.118. The lowest BCUT2D eigenvalue weighted by atomic mass is 10.3. The molecule has 2 heterocycles. The van der Waals surface area contributed by atoms with E-state index in [1.807, 2.05) is 47.8 Å². The summed E-state index contributed by atoms with van der Waals surface area (Å²) in [4.78, 5) is 23.0. The van der Waals surface area contributed by atoms with Gasteiger partial charge in [0.2, 0.25) is 0 Å². The zero-order valence-corrected chi connectivity index (χ0v) is 14.1. The van der Waals surface area contributed by atoms with Crippen LogP contribution in [0.1, 0.15) is 17.3 Å². The van der Waals surface area contributed by atoms with Crippen LogP contribution in [0.3, 0.4) is 0 Å². The Balaban J connectivity index is 2.00. The van der Waals surface area contributed by atoms with E-state index in [2.05, 4.69) is 9.97 Å². The molecular weight excluding hydrogens is 328 g/mol. The fourth-order valence-corrected chi connectivity index (χ4v) is 3.48. The summed E-state index contributed by atoms with van der Waals surface area (Å²) in [7, 11) is 0. The predicted molar refractivity (Wildman–Crippen MR) is 91.9 cm³/mol. The zero-order valence-electron chi connectivity index (χ0n) is 12.4. The van der Waals surface area contributed by atoms with Crippen LogP contribution >= 0.6 is 23.1 Å². The van der Waals surface area contributed by atoms with Crippen molar-refractivity contribution in [2.45, 2.75) is 16.8 Å². The van der Waals surface area contributed by atoms with Crippen molar-refractivity contribution < 1.29 is 9.53 Å². The average Bonchev–Trinajstić information content (AvgIpc) is 3.10. The van der Waals surface area contributed by atoms with Crippen molar-refractivity contribution in [2.75, 3.05) is 6.61 Å². The Morgan fingerprint density at radius 1 is 1.22 bits per heavy atom. The number of benzene rings is 1. The Kier molecular flexibility index (Phi) is 5.05. The maximum absolute atomic E-state index is 12.1. The number of thiophene rings is 1. The van der Waals surface area contributed by atoms with Crippen LogP contribution in [0, 0.1) is 0 Å². The third-order valence-electron chi connectivity index (χ3n) is 2.95. The molecule has 0 atom stereocenters. The molecule has 0 saturated heterocycles. The predicted octanol–water partition coefficient (Wildman–Crippen LogP) is 4.53. The first kappa shape index (κ1) is 15.7. The van der Waals surface area contributed by atoms with Gasteiger partial charge >= 0.3 is 5.97 Å². The summed E-state index contributed by atoms with van der Waals surface area (Å²) in [6, 6.07) is 13.7. The summed E-state index contributed by atoms with van der Waals surface area (Å²) < 4.78 is 5.11. The summed E-state index contributed by atoms with van der Waals surface area (Å²) in [6.07, 6.45) is 1.55. The molecule has 0 aliphatic heterocycles. The lowest BCUT2D eigenvalue weighted by molar-refractivity contribution is 0.0521. The fourth-order valence-electron chi connectivity index (χ4n) is 1.92. The Hall–Kier alpha value is -2.18. The second-order valence-corrected chi connectivity index (χ2v) is 6.54. The van der Waals surface area contributed by atoms with Crippen molar-refractivity contribution in [3.8, 4) is 10.7 Å². The molecule has 116 valence electrons. The first-order valence-electron chi connectivity index (χ1n) is 7.09. The summed E-state index contributed by atoms with van der Waals surface area (Å²) in [5, 5.41) is 2.58. The molecular formula is C17H14N2O2S2. The highest BCUT2D eigenvalue weighted by atomic mass is 32.2. The largest absolute Gasteiger partial charge is 0.462 e. The molecule has 0 amide bonds. The smallest absolute Gasteiger partial charge is 0.342 e. The topological polar surface area (TPSA) is 52.1 Å². The first-order valence-corrected chi connectivity index (χ1v) is 8.78. The van der Waals surface area contributed by atoms with Crippen molar-refractivity contribution in [2.24, 2.45) is 0 Å². The van der Waals surface area contributed by atoms with Gasteiger partial charge in [0.05, 0.1) is 11.5 Å². The Morgan fingerprint density at radius 2 is 2.04 bits per heavy atom. The molecule has 0 radical (unpaired) electrons. The number of hydrogen-bond donors (Lipinski definition) is 0. The average molecular weight is 342 g/mol. The highest BCUT2D eigenvalue weighted by Gasteiger charge is 2.17. The molecule has 23 heavy (non-hydrogen) atoms. The first-order chi connectivity index (χ1) is 11.3. The van der Waals surface area contributed by atoms with Crippen LogP contribution in [0.5, 0.6) is 0 Å². The molecule has 6 heteroatoms. The van der Waals surface area contributed by atoms with E-state index in [0.717, 1.165) is 9.77 Å². The van der Waals surface area contributed by atoms with Crippen LogP contribution in [-0.2, 0) is 4.74 Å². The monoisotopic (exact) mass is 342 g/mol. The molecule has 3 aromatic rings. The molecule has 3 rings (SSSR count). The van der Waals surface area contributed by atoms with Crippen LogP contribution in [0.15, 0.2) is 64.0 Å². The quantitative estimate of drug-likeness (QED) is 0.503. The molecule has 1 aromatic carbocycles. The second-order valence-electron chi connectivity index (χ2n) is 4.53. The normalized spacial score (nSPS) is 10.5. The number of ether oxygens (including phenoxy) is 1. The van der Waals surface area contributed by atoms with Gasteiger partial charge in [-0.1, -0.05) is 36.0 Å². The minimum atomic E-state index is -0.399. The van der Waals surface area contributed by atoms with E-state index in [9.17, 15) is 4.79 Å². The SMILES string of the molecule is CCOC(=O)c1cnc(-c2cccs2)nc1Sc1ccccc1. The van der Waals surface area contributed by atoms with Crippen molar-refractivity contribution in [3.63, 3.8) is 0 Å². The highest BCUT2D eigenvalue weighted by Crippen LogP contribution is 2.31. The summed E-state index contributed by atoms with van der Waals surface area (Å²) >= 11 is 3.00. The summed E-state index contributed by atoms with van der Waals surface area (Å²) in [6.45, 7) is 2.10. The highest BCUT2D eigenvalue weighted by molar-refractivity contribution is 7.99. The van der Waals surface area contributed by atoms with E-state index in [0.29, 0.717) is 23.0 Å². The van der Waals surface area contributed by atoms with Crippen molar-refractivity contribution >= 4 is 29.1 Å². The van der Waals surface area contributed by atoms with Gasteiger partial charge in [-0.05, 0) is 30.5 Å². The van der Waals surface area contributed by atoms with Crippen LogP contribution in [0.4, 0.5) is 0 Å². The van der Waals surface area contributed by atoms with Gasteiger partial charge < -0.3 is 4.74 Å². The lowest BCUT2D eigenvalue weighted by Crippen LogP contribution is -2.08. The maximum atomic E-state index is 12.1. The van der Waals surface area contributed by atoms with Crippen LogP contribution in [0.25, 0.3) is 10.7 Å². The Bertz CT molecular complexity index is 790. The third kappa shape index (κ3) is 3.78. The molecule has 0 fully saturated rings. The number of carbonyl (C=O) groups is 1. The lowest BCUT2D eigenvalue weighted by Gasteiger charge is -2.08. The Labute approximate surface area is 142 Å². The molecule has 0 bridgehead atoms. The van der Waals surface area contributed by atoms with Gasteiger partial charge in [-0.25, -0.2) is 14.8 Å². The number of hydrogen-bond acceptors (Lipinski definition) is 6. The van der Waals surface area contributed by atoms with E-state index < -0.39 is 5.97 Å². The summed E-state index contributed by atoms with van der Waals surface area (Å²) in [5.41, 5.74) is 0.390. The number of carbonyl (C=O) groups excluding carboxylic acids is 1. The third-order valence-corrected chi connectivity index (χ3v) is 4.83. The van der Waals surface area contributed by atoms with Gasteiger partial charge in [0.25, 0.3) is 0 Å². The molecule has 2 aromatic heterocycles. The summed E-state index contributed by atoms with van der Waals surface area (Å²) in [5.74, 6) is 0.218. The number of nitrogens with zero attached hydrogens (tertiary/aromatic N) is 2. The van der Waals surface area contributed by atoms with E-state index in [4.69, 9.17) is 4.74 Å². The van der Waals surface area contributed by atoms with Gasteiger partial charge in [-0.2, -0.15) is 0 Å². The maximum Gasteiger partial charge on any atom is 0.342 e. The molecule has 0 spiro atoms. The van der Waals surface area contributed by atoms with Crippen LogP contribution < -0.4 is 0 Å². The van der Waals surface area contributed by atoms with Gasteiger partial charge in [-0.15, -0.1) is 11.3 Å². The second kappa shape index (κ2) is 7.39. The minimum absolute atomic E-state index is 0.320. The van der Waals surface area contributed by atoms with Gasteiger partial charge in [-0.3, -0.25) is 0 Å². The van der Waals surface area contributed by atoms with Gasteiger partial charge in [0, 0.05) is 11.1 Å². The molecule has 4 nitrogen and oxygen atoms in total. The number of rotatable bonds is 5. The van der Waals surface area contributed by atoms with Crippen LogP contribution in [0.2, 0.25) is 0 Å². The van der Waals surface area contributed by atoms with Gasteiger partial charge in [0.15, 0.2) is 5.82 Å². The Morgan fingerprint density at radius 3 is 2.74 bits per heavy atom. The zero-order chi connectivity index (χ0) is 16.1. The number of esters is 1. The molecule has 0 aliphatic carbocycles. The van der Waals surface area contributed by atoms with Crippen molar-refractivity contribution in [1.29, 1.82) is 0 Å². The molecule has 0 N–H and O–H groups in total.